The van der Waals surface area contributed by atoms with E-state index in [9.17, 15) is 4.79 Å². The minimum atomic E-state index is 0.167. The fraction of sp³-hybridized carbons (Fsp3) is 0.900. The van der Waals surface area contributed by atoms with Crippen LogP contribution in [0.2, 0.25) is 0 Å². The van der Waals surface area contributed by atoms with E-state index in [1.54, 1.807) is 0 Å². The van der Waals surface area contributed by atoms with Crippen molar-refractivity contribution in [1.29, 1.82) is 0 Å². The molecular weight excluding hydrogens is 164 g/mol. The molecule has 3 heteroatoms. The van der Waals surface area contributed by atoms with Gasteiger partial charge in [0.05, 0.1) is 0 Å². The van der Waals surface area contributed by atoms with Gasteiger partial charge in [-0.1, -0.05) is 13.8 Å². The minimum absolute atomic E-state index is 0.167. The monoisotopic (exact) mass is 186 g/mol. The van der Waals surface area contributed by atoms with Gasteiger partial charge in [0.15, 0.2) is 0 Å². The van der Waals surface area contributed by atoms with Crippen LogP contribution in [0, 0.1) is 5.92 Å². The summed E-state index contributed by atoms with van der Waals surface area (Å²) < 4.78 is 0. The Hall–Kier alpha value is -0.570. The second-order valence-electron chi connectivity index (χ2n) is 3.50. The summed E-state index contributed by atoms with van der Waals surface area (Å²) in [6.07, 6.45) is 2.68. The van der Waals surface area contributed by atoms with Crippen LogP contribution in [0.1, 0.15) is 40.0 Å². The molecule has 78 valence electrons. The maximum Gasteiger partial charge on any atom is 0.223 e. The Bertz CT molecular complexity index is 144. The number of hydrogen-bond acceptors (Lipinski definition) is 2. The van der Waals surface area contributed by atoms with E-state index in [4.69, 9.17) is 5.73 Å². The zero-order valence-electron chi connectivity index (χ0n) is 8.97. The van der Waals surface area contributed by atoms with Gasteiger partial charge in [-0.25, -0.2) is 0 Å². The molecule has 0 fully saturated rings. The Labute approximate surface area is 81.1 Å². The molecule has 0 rings (SSSR count). The summed E-state index contributed by atoms with van der Waals surface area (Å²) in [6.45, 7) is 6.71. The molecule has 0 spiro atoms. The molecule has 1 amide bonds. The Balaban J connectivity index is 3.83. The fourth-order valence-electron chi connectivity index (χ4n) is 1.34. The van der Waals surface area contributed by atoms with E-state index in [1.807, 2.05) is 20.8 Å². The molecule has 13 heavy (non-hydrogen) atoms. The Morgan fingerprint density at radius 3 is 2.31 bits per heavy atom. The van der Waals surface area contributed by atoms with Gasteiger partial charge in [0.2, 0.25) is 5.91 Å². The van der Waals surface area contributed by atoms with E-state index in [0.717, 1.165) is 19.3 Å². The van der Waals surface area contributed by atoms with Crippen LogP contribution in [0.3, 0.4) is 0 Å². The second kappa shape index (κ2) is 6.89. The first-order valence-corrected chi connectivity index (χ1v) is 5.16. The van der Waals surface area contributed by atoms with Crippen molar-refractivity contribution in [2.24, 2.45) is 11.7 Å². The summed E-state index contributed by atoms with van der Waals surface area (Å²) >= 11 is 0. The summed E-state index contributed by atoms with van der Waals surface area (Å²) in [6, 6.07) is 0.207. The van der Waals surface area contributed by atoms with E-state index in [-0.39, 0.29) is 17.9 Å². The molecule has 3 N–H and O–H groups in total. The van der Waals surface area contributed by atoms with Crippen LogP contribution in [0.25, 0.3) is 0 Å². The van der Waals surface area contributed by atoms with Crippen molar-refractivity contribution in [3.63, 3.8) is 0 Å². The van der Waals surface area contributed by atoms with Gasteiger partial charge in [-0.05, 0) is 32.7 Å². The Kier molecular flexibility index (Phi) is 6.59. The number of carbonyl (C=O) groups is 1. The van der Waals surface area contributed by atoms with E-state index in [2.05, 4.69) is 5.32 Å². The molecule has 0 aliphatic carbocycles. The second-order valence-corrected chi connectivity index (χ2v) is 3.50. The third kappa shape index (κ3) is 4.88. The number of nitrogens with two attached hydrogens (primary N) is 1. The summed E-state index contributed by atoms with van der Waals surface area (Å²) in [5.74, 6) is 0.339. The van der Waals surface area contributed by atoms with Gasteiger partial charge in [0.1, 0.15) is 0 Å². The highest BCUT2D eigenvalue weighted by Crippen LogP contribution is 2.07. The highest BCUT2D eigenvalue weighted by atomic mass is 16.1. The summed E-state index contributed by atoms with van der Waals surface area (Å²) in [4.78, 5) is 11.5. The maximum atomic E-state index is 11.5. The molecule has 0 radical (unpaired) electrons. The molecule has 0 aromatic rings. The zero-order valence-corrected chi connectivity index (χ0v) is 8.97. The molecule has 0 saturated carbocycles. The van der Waals surface area contributed by atoms with Gasteiger partial charge >= 0.3 is 0 Å². The van der Waals surface area contributed by atoms with Crippen molar-refractivity contribution in [3.05, 3.63) is 0 Å². The summed E-state index contributed by atoms with van der Waals surface area (Å²) in [7, 11) is 0. The van der Waals surface area contributed by atoms with E-state index in [1.165, 1.54) is 0 Å². The highest BCUT2D eigenvalue weighted by molar-refractivity contribution is 5.78. The van der Waals surface area contributed by atoms with Crippen molar-refractivity contribution >= 4 is 5.91 Å². The maximum absolute atomic E-state index is 11.5. The number of carbonyl (C=O) groups excluding carboxylic acids is 1. The average molecular weight is 186 g/mol. The Morgan fingerprint density at radius 1 is 1.38 bits per heavy atom. The predicted octanol–water partition coefficient (Wildman–Crippen LogP) is 1.28. The van der Waals surface area contributed by atoms with E-state index in [0.29, 0.717) is 6.54 Å². The van der Waals surface area contributed by atoms with Crippen LogP contribution in [0.15, 0.2) is 0 Å². The van der Waals surface area contributed by atoms with Gasteiger partial charge in [-0.15, -0.1) is 0 Å². The van der Waals surface area contributed by atoms with Crippen LogP contribution in [0.5, 0.6) is 0 Å². The number of amides is 1. The zero-order chi connectivity index (χ0) is 10.3. The average Bonchev–Trinajstić information content (AvgIpc) is 2.06. The summed E-state index contributed by atoms with van der Waals surface area (Å²) in [5, 5.41) is 2.96. The first-order valence-electron chi connectivity index (χ1n) is 5.16. The molecule has 0 aromatic heterocycles. The van der Waals surface area contributed by atoms with Crippen molar-refractivity contribution in [2.75, 3.05) is 6.54 Å². The van der Waals surface area contributed by atoms with Gasteiger partial charge in [0, 0.05) is 12.0 Å². The molecule has 0 aromatic carbocycles. The number of rotatable bonds is 6. The van der Waals surface area contributed by atoms with Crippen LogP contribution in [-0.2, 0) is 4.79 Å². The number of hydrogen-bond donors (Lipinski definition) is 2. The largest absolute Gasteiger partial charge is 0.353 e. The standard InChI is InChI=1S/C10H22N2O/c1-4-9(5-2)10(13)12-8(3)6-7-11/h8-9H,4-7,11H2,1-3H3,(H,12,13). The molecule has 1 unspecified atom stereocenters. The normalized spacial score (nSPS) is 13.0. The molecule has 0 saturated heterocycles. The van der Waals surface area contributed by atoms with Crippen LogP contribution >= 0.6 is 0 Å². The number of nitrogens with one attached hydrogen (secondary N) is 1. The third-order valence-electron chi connectivity index (χ3n) is 2.34. The fourth-order valence-corrected chi connectivity index (χ4v) is 1.34. The molecule has 0 aliphatic heterocycles. The van der Waals surface area contributed by atoms with Gasteiger partial charge in [-0.3, -0.25) is 4.79 Å². The minimum Gasteiger partial charge on any atom is -0.353 e. The lowest BCUT2D eigenvalue weighted by Gasteiger charge is -2.17. The lowest BCUT2D eigenvalue weighted by atomic mass is 10.0. The lowest BCUT2D eigenvalue weighted by molar-refractivity contribution is -0.125. The predicted molar refractivity (Wildman–Crippen MR) is 55.3 cm³/mol. The van der Waals surface area contributed by atoms with Crippen molar-refractivity contribution in [2.45, 2.75) is 46.1 Å². The Morgan fingerprint density at radius 2 is 1.92 bits per heavy atom. The quantitative estimate of drug-likeness (QED) is 0.656. The van der Waals surface area contributed by atoms with Crippen molar-refractivity contribution in [3.8, 4) is 0 Å². The first-order chi connectivity index (χ1) is 6.15. The molecule has 0 heterocycles. The van der Waals surface area contributed by atoms with Gasteiger partial charge < -0.3 is 11.1 Å². The molecule has 0 bridgehead atoms. The third-order valence-corrected chi connectivity index (χ3v) is 2.34. The van der Waals surface area contributed by atoms with Crippen LogP contribution < -0.4 is 11.1 Å². The first kappa shape index (κ1) is 12.4. The molecule has 0 aliphatic rings. The van der Waals surface area contributed by atoms with Crippen LogP contribution in [-0.4, -0.2) is 18.5 Å². The molecular formula is C10H22N2O. The highest BCUT2D eigenvalue weighted by Gasteiger charge is 2.15. The van der Waals surface area contributed by atoms with Crippen LogP contribution in [0.4, 0.5) is 0 Å². The van der Waals surface area contributed by atoms with Crippen molar-refractivity contribution in [1.82, 2.24) is 5.32 Å². The summed E-state index contributed by atoms with van der Waals surface area (Å²) in [5.41, 5.74) is 5.39. The SMILES string of the molecule is CCC(CC)C(=O)NC(C)CCN. The van der Waals surface area contributed by atoms with Gasteiger partial charge in [-0.2, -0.15) is 0 Å². The smallest absolute Gasteiger partial charge is 0.223 e. The lowest BCUT2D eigenvalue weighted by Crippen LogP contribution is -2.37. The van der Waals surface area contributed by atoms with E-state index >= 15 is 0 Å². The topological polar surface area (TPSA) is 55.1 Å². The molecule has 3 nitrogen and oxygen atoms in total. The van der Waals surface area contributed by atoms with Gasteiger partial charge in [0.25, 0.3) is 0 Å². The van der Waals surface area contributed by atoms with Crippen molar-refractivity contribution < 1.29 is 4.79 Å². The molecule has 1 atom stereocenters. The van der Waals surface area contributed by atoms with E-state index < -0.39 is 0 Å².